The van der Waals surface area contributed by atoms with Crippen LogP contribution >= 0.6 is 11.8 Å². The van der Waals surface area contributed by atoms with E-state index in [0.717, 1.165) is 11.1 Å². The van der Waals surface area contributed by atoms with Gasteiger partial charge in [-0.2, -0.15) is 0 Å². The largest absolute Gasteiger partial charge is 0.493 e. The van der Waals surface area contributed by atoms with Crippen molar-refractivity contribution in [3.8, 4) is 22.9 Å². The summed E-state index contributed by atoms with van der Waals surface area (Å²) in [4.78, 5) is 18.6. The quantitative estimate of drug-likeness (QED) is 0.570. The SMILES string of the molecule is COc1ccc(CN(C)C(=O)CSc2n[nH]c(-c3ccc(C)cc3)n2)cc1OC. The standard InChI is InChI=1S/C21H24N4O3S/c1-14-5-8-16(9-6-14)20-22-21(24-23-20)29-13-19(26)25(2)12-15-7-10-17(27-3)18(11-15)28-4/h5-11H,12-13H2,1-4H3,(H,22,23,24). The number of benzene rings is 2. The predicted molar refractivity (Wildman–Crippen MR) is 113 cm³/mol. The Morgan fingerprint density at radius 1 is 1.10 bits per heavy atom. The fraction of sp³-hybridized carbons (Fsp3) is 0.286. The molecule has 3 rings (SSSR count). The Labute approximate surface area is 174 Å². The molecule has 0 saturated carbocycles. The van der Waals surface area contributed by atoms with Crippen LogP contribution < -0.4 is 9.47 Å². The number of hydrogen-bond acceptors (Lipinski definition) is 6. The molecule has 0 fully saturated rings. The van der Waals surface area contributed by atoms with Crippen molar-refractivity contribution in [1.29, 1.82) is 0 Å². The second-order valence-electron chi connectivity index (χ2n) is 6.56. The summed E-state index contributed by atoms with van der Waals surface area (Å²) in [5.41, 5.74) is 3.11. The molecule has 1 heterocycles. The summed E-state index contributed by atoms with van der Waals surface area (Å²) < 4.78 is 10.6. The van der Waals surface area contributed by atoms with Crippen LogP contribution in [0.1, 0.15) is 11.1 Å². The highest BCUT2D eigenvalue weighted by atomic mass is 32.2. The molecule has 2 aromatic carbocycles. The van der Waals surface area contributed by atoms with Crippen molar-refractivity contribution in [2.45, 2.75) is 18.6 Å². The van der Waals surface area contributed by atoms with Crippen LogP contribution in [0.5, 0.6) is 11.5 Å². The molecular formula is C21H24N4O3S. The van der Waals surface area contributed by atoms with Gasteiger partial charge >= 0.3 is 0 Å². The Bertz CT molecular complexity index is 972. The van der Waals surface area contributed by atoms with Crippen LogP contribution in [-0.4, -0.2) is 53.0 Å². The molecule has 0 aliphatic rings. The van der Waals surface area contributed by atoms with Crippen molar-refractivity contribution in [1.82, 2.24) is 20.1 Å². The number of ether oxygens (including phenoxy) is 2. The fourth-order valence-corrected chi connectivity index (χ4v) is 3.47. The first kappa shape index (κ1) is 20.7. The lowest BCUT2D eigenvalue weighted by atomic mass is 10.1. The lowest BCUT2D eigenvalue weighted by Crippen LogP contribution is -2.27. The molecule has 0 unspecified atom stereocenters. The molecule has 3 aromatic rings. The van der Waals surface area contributed by atoms with Gasteiger partial charge in [0.15, 0.2) is 17.3 Å². The van der Waals surface area contributed by atoms with Crippen molar-refractivity contribution in [3.63, 3.8) is 0 Å². The van der Waals surface area contributed by atoms with Gasteiger partial charge < -0.3 is 14.4 Å². The highest BCUT2D eigenvalue weighted by Gasteiger charge is 2.14. The van der Waals surface area contributed by atoms with Gasteiger partial charge in [-0.3, -0.25) is 9.89 Å². The van der Waals surface area contributed by atoms with Crippen molar-refractivity contribution in [3.05, 3.63) is 53.6 Å². The molecule has 0 saturated heterocycles. The molecular weight excluding hydrogens is 388 g/mol. The van der Waals surface area contributed by atoms with Crippen LogP contribution in [0.4, 0.5) is 0 Å². The minimum absolute atomic E-state index is 0.00790. The number of H-pyrrole nitrogens is 1. The zero-order valence-corrected chi connectivity index (χ0v) is 17.7. The summed E-state index contributed by atoms with van der Waals surface area (Å²) in [5.74, 6) is 2.25. The molecule has 0 aliphatic carbocycles. The normalized spacial score (nSPS) is 10.6. The van der Waals surface area contributed by atoms with Gasteiger partial charge in [-0.05, 0) is 24.6 Å². The first-order chi connectivity index (χ1) is 14.0. The molecule has 0 aliphatic heterocycles. The van der Waals surface area contributed by atoms with E-state index in [-0.39, 0.29) is 11.7 Å². The number of carbonyl (C=O) groups is 1. The lowest BCUT2D eigenvalue weighted by molar-refractivity contribution is -0.127. The number of aromatic nitrogens is 3. The molecule has 1 N–H and O–H groups in total. The zero-order valence-electron chi connectivity index (χ0n) is 16.9. The number of carbonyl (C=O) groups excluding carboxylic acids is 1. The summed E-state index contributed by atoms with van der Waals surface area (Å²) in [5, 5.41) is 7.67. The van der Waals surface area contributed by atoms with E-state index < -0.39 is 0 Å². The second-order valence-corrected chi connectivity index (χ2v) is 7.50. The Morgan fingerprint density at radius 2 is 1.83 bits per heavy atom. The first-order valence-electron chi connectivity index (χ1n) is 9.07. The number of rotatable bonds is 8. The van der Waals surface area contributed by atoms with E-state index in [0.29, 0.717) is 29.0 Å². The van der Waals surface area contributed by atoms with Crippen molar-refractivity contribution in [2.75, 3.05) is 27.0 Å². The maximum absolute atomic E-state index is 12.5. The van der Waals surface area contributed by atoms with Gasteiger partial charge in [0.25, 0.3) is 0 Å². The van der Waals surface area contributed by atoms with Crippen LogP contribution in [0.15, 0.2) is 47.6 Å². The minimum atomic E-state index is -0.00790. The third-order valence-electron chi connectivity index (χ3n) is 4.41. The molecule has 0 atom stereocenters. The minimum Gasteiger partial charge on any atom is -0.493 e. The fourth-order valence-electron chi connectivity index (χ4n) is 2.73. The Morgan fingerprint density at radius 3 is 2.52 bits per heavy atom. The molecule has 0 spiro atoms. The summed E-state index contributed by atoms with van der Waals surface area (Å²) >= 11 is 1.31. The van der Waals surface area contributed by atoms with E-state index in [1.807, 2.05) is 49.4 Å². The molecule has 1 aromatic heterocycles. The Balaban J connectivity index is 1.56. The number of methoxy groups -OCH3 is 2. The maximum Gasteiger partial charge on any atom is 0.233 e. The number of hydrogen-bond donors (Lipinski definition) is 1. The first-order valence-corrected chi connectivity index (χ1v) is 10.1. The average molecular weight is 413 g/mol. The average Bonchev–Trinajstić information content (AvgIpc) is 3.21. The van der Waals surface area contributed by atoms with Gasteiger partial charge in [-0.15, -0.1) is 5.10 Å². The van der Waals surface area contributed by atoms with Gasteiger partial charge in [0.2, 0.25) is 11.1 Å². The summed E-state index contributed by atoms with van der Waals surface area (Å²) in [6.07, 6.45) is 0. The molecule has 7 nitrogen and oxygen atoms in total. The van der Waals surface area contributed by atoms with Crippen LogP contribution in [-0.2, 0) is 11.3 Å². The Kier molecular flexibility index (Phi) is 6.77. The molecule has 8 heteroatoms. The number of thioether (sulfide) groups is 1. The smallest absolute Gasteiger partial charge is 0.233 e. The molecule has 29 heavy (non-hydrogen) atoms. The van der Waals surface area contributed by atoms with E-state index in [1.165, 1.54) is 17.3 Å². The number of aromatic amines is 1. The van der Waals surface area contributed by atoms with Crippen LogP contribution in [0.25, 0.3) is 11.4 Å². The third kappa shape index (κ3) is 5.29. The number of nitrogens with one attached hydrogen (secondary N) is 1. The van der Waals surface area contributed by atoms with Crippen LogP contribution in [0.2, 0.25) is 0 Å². The zero-order chi connectivity index (χ0) is 20.8. The third-order valence-corrected chi connectivity index (χ3v) is 5.24. The molecule has 0 radical (unpaired) electrons. The van der Waals surface area contributed by atoms with Gasteiger partial charge in [0.05, 0.1) is 20.0 Å². The topological polar surface area (TPSA) is 80.3 Å². The van der Waals surface area contributed by atoms with Gasteiger partial charge in [-0.25, -0.2) is 4.98 Å². The van der Waals surface area contributed by atoms with E-state index in [2.05, 4.69) is 15.2 Å². The highest BCUT2D eigenvalue weighted by molar-refractivity contribution is 7.99. The monoisotopic (exact) mass is 412 g/mol. The number of aryl methyl sites for hydroxylation is 1. The maximum atomic E-state index is 12.5. The van der Waals surface area contributed by atoms with Crippen molar-refractivity contribution >= 4 is 17.7 Å². The second kappa shape index (κ2) is 9.47. The van der Waals surface area contributed by atoms with Crippen LogP contribution in [0, 0.1) is 6.92 Å². The van der Waals surface area contributed by atoms with E-state index in [9.17, 15) is 4.79 Å². The van der Waals surface area contributed by atoms with Crippen molar-refractivity contribution in [2.24, 2.45) is 0 Å². The van der Waals surface area contributed by atoms with Gasteiger partial charge in [0, 0.05) is 19.2 Å². The highest BCUT2D eigenvalue weighted by Crippen LogP contribution is 2.28. The summed E-state index contributed by atoms with van der Waals surface area (Å²) in [6.45, 7) is 2.51. The Hall–Kier alpha value is -3.00. The molecule has 152 valence electrons. The summed E-state index contributed by atoms with van der Waals surface area (Å²) in [7, 11) is 4.96. The van der Waals surface area contributed by atoms with E-state index in [1.54, 1.807) is 26.2 Å². The van der Waals surface area contributed by atoms with Crippen LogP contribution in [0.3, 0.4) is 0 Å². The number of amides is 1. The number of nitrogens with zero attached hydrogens (tertiary/aromatic N) is 3. The molecule has 1 amide bonds. The van der Waals surface area contributed by atoms with E-state index in [4.69, 9.17) is 9.47 Å². The predicted octanol–water partition coefficient (Wildman–Crippen LogP) is 3.55. The van der Waals surface area contributed by atoms with Gasteiger partial charge in [0.1, 0.15) is 0 Å². The van der Waals surface area contributed by atoms with Crippen molar-refractivity contribution < 1.29 is 14.3 Å². The lowest BCUT2D eigenvalue weighted by Gasteiger charge is -2.17. The van der Waals surface area contributed by atoms with Gasteiger partial charge in [-0.1, -0.05) is 47.7 Å². The summed E-state index contributed by atoms with van der Waals surface area (Å²) in [6, 6.07) is 13.7. The molecule has 0 bridgehead atoms. The van der Waals surface area contributed by atoms with E-state index >= 15 is 0 Å².